The molecule has 0 atom stereocenters. The third-order valence-electron chi connectivity index (χ3n) is 2.00. The number of aromatic carboxylic acids is 1. The number of para-hydroxylation sites is 1. The quantitative estimate of drug-likeness (QED) is 0.764. The Kier molecular flexibility index (Phi) is 6.54. The van der Waals surface area contributed by atoms with Crippen molar-refractivity contribution in [1.82, 2.24) is 0 Å². The molecule has 0 bridgehead atoms. The van der Waals surface area contributed by atoms with Crippen molar-refractivity contribution in [3.63, 3.8) is 0 Å². The number of unbranched alkanes of at least 4 members (excludes halogenated alkanes) is 1. The molecule has 0 aliphatic rings. The molecule has 0 aliphatic heterocycles. The first-order valence-corrected chi connectivity index (χ1v) is 4.82. The summed E-state index contributed by atoms with van der Waals surface area (Å²) in [6.07, 6.45) is 2.15. The van der Waals surface area contributed by atoms with Gasteiger partial charge in [0.15, 0.2) is 0 Å². The normalized spacial score (nSPS) is 9.13. The highest BCUT2D eigenvalue weighted by molar-refractivity contribution is 5.94. The predicted octanol–water partition coefficient (Wildman–Crippen LogP) is 3.02. The molecule has 0 spiro atoms. The standard InChI is InChI=1S/C11H15NO2.ClH/c1-2-3-8-12-10-7-5-4-6-9(10)11(13)14;/h4-7,12H,2-3,8H2,1H3,(H,13,14);1H. The van der Waals surface area contributed by atoms with Gasteiger partial charge < -0.3 is 10.4 Å². The Morgan fingerprint density at radius 1 is 1.40 bits per heavy atom. The lowest BCUT2D eigenvalue weighted by atomic mass is 10.2. The fourth-order valence-electron chi connectivity index (χ4n) is 1.22. The van der Waals surface area contributed by atoms with Gasteiger partial charge in [0.25, 0.3) is 0 Å². The first-order valence-electron chi connectivity index (χ1n) is 4.82. The number of rotatable bonds is 5. The Hall–Kier alpha value is -1.22. The summed E-state index contributed by atoms with van der Waals surface area (Å²) in [4.78, 5) is 10.8. The van der Waals surface area contributed by atoms with E-state index >= 15 is 0 Å². The number of carboxylic acid groups (broad SMARTS) is 1. The predicted molar refractivity (Wildman–Crippen MR) is 64.0 cm³/mol. The zero-order chi connectivity index (χ0) is 10.4. The number of carbonyl (C=O) groups is 1. The average Bonchev–Trinajstić information content (AvgIpc) is 2.19. The maximum atomic E-state index is 10.8. The van der Waals surface area contributed by atoms with Gasteiger partial charge in [0, 0.05) is 12.2 Å². The van der Waals surface area contributed by atoms with Crippen molar-refractivity contribution >= 4 is 24.1 Å². The molecule has 0 saturated carbocycles. The Morgan fingerprint density at radius 3 is 2.67 bits per heavy atom. The summed E-state index contributed by atoms with van der Waals surface area (Å²) >= 11 is 0. The minimum Gasteiger partial charge on any atom is -0.478 e. The molecular formula is C11H16ClNO2. The molecule has 4 heteroatoms. The highest BCUT2D eigenvalue weighted by Gasteiger charge is 2.07. The van der Waals surface area contributed by atoms with Crippen LogP contribution in [-0.2, 0) is 0 Å². The van der Waals surface area contributed by atoms with Crippen molar-refractivity contribution in [2.45, 2.75) is 19.8 Å². The van der Waals surface area contributed by atoms with Gasteiger partial charge >= 0.3 is 5.97 Å². The summed E-state index contributed by atoms with van der Waals surface area (Å²) in [7, 11) is 0. The van der Waals surface area contributed by atoms with E-state index in [1.807, 2.05) is 6.07 Å². The highest BCUT2D eigenvalue weighted by Crippen LogP contribution is 2.14. The van der Waals surface area contributed by atoms with Crippen molar-refractivity contribution in [1.29, 1.82) is 0 Å². The number of anilines is 1. The second kappa shape index (κ2) is 7.12. The Morgan fingerprint density at radius 2 is 2.07 bits per heavy atom. The van der Waals surface area contributed by atoms with Crippen molar-refractivity contribution in [2.24, 2.45) is 0 Å². The van der Waals surface area contributed by atoms with E-state index in [0.29, 0.717) is 11.3 Å². The van der Waals surface area contributed by atoms with E-state index in [0.717, 1.165) is 19.4 Å². The Bertz CT molecular complexity index is 315. The van der Waals surface area contributed by atoms with E-state index < -0.39 is 5.97 Å². The van der Waals surface area contributed by atoms with E-state index in [9.17, 15) is 4.79 Å². The summed E-state index contributed by atoms with van der Waals surface area (Å²) in [6.45, 7) is 2.92. The minimum atomic E-state index is -0.885. The van der Waals surface area contributed by atoms with Crippen LogP contribution in [-0.4, -0.2) is 17.6 Å². The van der Waals surface area contributed by atoms with Gasteiger partial charge in [-0.1, -0.05) is 25.5 Å². The second-order valence-electron chi connectivity index (χ2n) is 3.13. The number of hydrogen-bond donors (Lipinski definition) is 2. The largest absolute Gasteiger partial charge is 0.478 e. The first-order chi connectivity index (χ1) is 6.75. The maximum Gasteiger partial charge on any atom is 0.337 e. The van der Waals surface area contributed by atoms with Gasteiger partial charge in [-0.3, -0.25) is 0 Å². The molecule has 0 fully saturated rings. The highest BCUT2D eigenvalue weighted by atomic mass is 35.5. The molecule has 0 saturated heterocycles. The number of carboxylic acids is 1. The fraction of sp³-hybridized carbons (Fsp3) is 0.364. The van der Waals surface area contributed by atoms with Gasteiger partial charge in [-0.05, 0) is 18.6 Å². The van der Waals surface area contributed by atoms with E-state index in [4.69, 9.17) is 5.11 Å². The lowest BCUT2D eigenvalue weighted by Gasteiger charge is -2.08. The molecule has 0 aliphatic carbocycles. The lowest BCUT2D eigenvalue weighted by molar-refractivity contribution is 0.0698. The first kappa shape index (κ1) is 13.8. The molecule has 3 nitrogen and oxygen atoms in total. The zero-order valence-electron chi connectivity index (χ0n) is 8.69. The van der Waals surface area contributed by atoms with Crippen LogP contribution in [0.2, 0.25) is 0 Å². The maximum absolute atomic E-state index is 10.8. The molecule has 0 unspecified atom stereocenters. The third kappa shape index (κ3) is 4.21. The second-order valence-corrected chi connectivity index (χ2v) is 3.13. The molecule has 84 valence electrons. The summed E-state index contributed by atoms with van der Waals surface area (Å²) < 4.78 is 0. The van der Waals surface area contributed by atoms with Crippen LogP contribution in [0.3, 0.4) is 0 Å². The van der Waals surface area contributed by atoms with Crippen molar-refractivity contribution in [2.75, 3.05) is 11.9 Å². The molecule has 0 heterocycles. The summed E-state index contributed by atoms with van der Waals surface area (Å²) in [5.74, 6) is -0.885. The molecule has 0 amide bonds. The van der Waals surface area contributed by atoms with Crippen LogP contribution in [0.4, 0.5) is 5.69 Å². The molecular weight excluding hydrogens is 214 g/mol. The van der Waals surface area contributed by atoms with Crippen LogP contribution >= 0.6 is 12.4 Å². The van der Waals surface area contributed by atoms with Gasteiger partial charge in [0.05, 0.1) is 5.56 Å². The van der Waals surface area contributed by atoms with E-state index in [1.165, 1.54) is 0 Å². The molecule has 0 aromatic heterocycles. The lowest BCUT2D eigenvalue weighted by Crippen LogP contribution is -2.07. The smallest absolute Gasteiger partial charge is 0.337 e. The van der Waals surface area contributed by atoms with Crippen LogP contribution in [0.15, 0.2) is 24.3 Å². The van der Waals surface area contributed by atoms with E-state index in [-0.39, 0.29) is 12.4 Å². The van der Waals surface area contributed by atoms with E-state index in [2.05, 4.69) is 12.2 Å². The fourth-order valence-corrected chi connectivity index (χ4v) is 1.22. The van der Waals surface area contributed by atoms with Gasteiger partial charge in [-0.15, -0.1) is 12.4 Å². The molecule has 0 radical (unpaired) electrons. The van der Waals surface area contributed by atoms with E-state index in [1.54, 1.807) is 18.2 Å². The third-order valence-corrected chi connectivity index (χ3v) is 2.00. The number of hydrogen-bond acceptors (Lipinski definition) is 2. The topological polar surface area (TPSA) is 49.3 Å². The molecule has 2 N–H and O–H groups in total. The van der Waals surface area contributed by atoms with Crippen LogP contribution in [0.1, 0.15) is 30.1 Å². The average molecular weight is 230 g/mol. The summed E-state index contributed by atoms with van der Waals surface area (Å²) in [5, 5.41) is 12.0. The monoisotopic (exact) mass is 229 g/mol. The zero-order valence-corrected chi connectivity index (χ0v) is 9.51. The molecule has 1 aromatic carbocycles. The number of benzene rings is 1. The Balaban J connectivity index is 0.00000196. The van der Waals surface area contributed by atoms with Crippen molar-refractivity contribution in [3.05, 3.63) is 29.8 Å². The van der Waals surface area contributed by atoms with Crippen LogP contribution in [0.25, 0.3) is 0 Å². The van der Waals surface area contributed by atoms with Crippen molar-refractivity contribution in [3.8, 4) is 0 Å². The molecule has 1 aromatic rings. The van der Waals surface area contributed by atoms with Gasteiger partial charge in [0.1, 0.15) is 0 Å². The van der Waals surface area contributed by atoms with Gasteiger partial charge in [-0.25, -0.2) is 4.79 Å². The Labute approximate surface area is 95.9 Å². The van der Waals surface area contributed by atoms with Crippen molar-refractivity contribution < 1.29 is 9.90 Å². The van der Waals surface area contributed by atoms with Gasteiger partial charge in [0.2, 0.25) is 0 Å². The van der Waals surface area contributed by atoms with Gasteiger partial charge in [-0.2, -0.15) is 0 Å². The molecule has 15 heavy (non-hydrogen) atoms. The number of nitrogens with one attached hydrogen (secondary N) is 1. The molecule has 1 rings (SSSR count). The SMILES string of the molecule is CCCCNc1ccccc1C(=O)O.Cl. The minimum absolute atomic E-state index is 0. The summed E-state index contributed by atoms with van der Waals surface area (Å²) in [6, 6.07) is 6.96. The van der Waals surface area contributed by atoms with Crippen LogP contribution in [0.5, 0.6) is 0 Å². The van der Waals surface area contributed by atoms with Crippen LogP contribution < -0.4 is 5.32 Å². The number of halogens is 1. The van der Waals surface area contributed by atoms with Crippen LogP contribution in [0, 0.1) is 0 Å². The summed E-state index contributed by atoms with van der Waals surface area (Å²) in [5.41, 5.74) is 1.04.